The minimum Gasteiger partial charge on any atom is -0.378 e. The van der Waals surface area contributed by atoms with Gasteiger partial charge in [0.2, 0.25) is 0 Å². The normalized spacial score (nSPS) is 12.9. The van der Waals surface area contributed by atoms with Crippen molar-refractivity contribution in [2.75, 3.05) is 19.7 Å². The molecule has 134 valence electrons. The van der Waals surface area contributed by atoms with Crippen molar-refractivity contribution in [3.05, 3.63) is 18.0 Å². The number of aliphatic imine (C=N–C) groups is 1. The first-order chi connectivity index (χ1) is 10.6. The van der Waals surface area contributed by atoms with Crippen molar-refractivity contribution in [1.82, 2.24) is 20.4 Å². The molecule has 0 saturated carbocycles. The van der Waals surface area contributed by atoms with Crippen LogP contribution in [0.2, 0.25) is 0 Å². The average Bonchev–Trinajstić information content (AvgIpc) is 2.89. The lowest BCUT2D eigenvalue weighted by atomic mass is 10.0. The molecule has 1 aromatic rings. The van der Waals surface area contributed by atoms with Gasteiger partial charge in [-0.15, -0.1) is 24.0 Å². The minimum atomic E-state index is 0. The van der Waals surface area contributed by atoms with E-state index in [4.69, 9.17) is 4.74 Å². The smallest absolute Gasteiger partial charge is 0.191 e. The van der Waals surface area contributed by atoms with Crippen LogP contribution in [0.1, 0.15) is 39.7 Å². The molecule has 0 bridgehead atoms. The number of nitrogens with zero attached hydrogens (tertiary/aromatic N) is 3. The third-order valence-electron chi connectivity index (χ3n) is 3.37. The number of aryl methyl sites for hydroxylation is 1. The molecule has 1 unspecified atom stereocenters. The van der Waals surface area contributed by atoms with Crippen LogP contribution in [-0.4, -0.2) is 41.5 Å². The number of ether oxygens (including phenoxy) is 1. The fraction of sp³-hybridized carbons (Fsp3) is 0.750. The van der Waals surface area contributed by atoms with Crippen LogP contribution in [0.15, 0.2) is 17.4 Å². The number of rotatable bonds is 9. The molecule has 0 fully saturated rings. The standard InChI is InChI=1S/C16H31N5O.HI/c1-6-17-16(19-10-14-11-20-21(5)12-14)18-9-8-15(13(3)4)22-7-2;/h11-13,15H,6-10H2,1-5H3,(H2,17,18,19);1H. The Hall–Kier alpha value is -0.830. The Morgan fingerprint density at radius 2 is 2.09 bits per heavy atom. The first kappa shape index (κ1) is 22.2. The summed E-state index contributed by atoms with van der Waals surface area (Å²) in [6.07, 6.45) is 5.09. The second-order valence-corrected chi connectivity index (χ2v) is 5.67. The third kappa shape index (κ3) is 9.14. The summed E-state index contributed by atoms with van der Waals surface area (Å²) in [5, 5.41) is 10.8. The molecule has 0 spiro atoms. The van der Waals surface area contributed by atoms with Gasteiger partial charge in [0.1, 0.15) is 0 Å². The first-order valence-corrected chi connectivity index (χ1v) is 8.18. The van der Waals surface area contributed by atoms with E-state index in [1.54, 1.807) is 4.68 Å². The zero-order chi connectivity index (χ0) is 16.4. The summed E-state index contributed by atoms with van der Waals surface area (Å²) in [7, 11) is 1.91. The molecule has 1 heterocycles. The number of hydrogen-bond acceptors (Lipinski definition) is 3. The maximum atomic E-state index is 5.77. The average molecular weight is 437 g/mol. The van der Waals surface area contributed by atoms with Crippen LogP contribution in [-0.2, 0) is 18.3 Å². The molecule has 0 aliphatic carbocycles. The van der Waals surface area contributed by atoms with E-state index in [9.17, 15) is 0 Å². The van der Waals surface area contributed by atoms with Gasteiger partial charge in [0.25, 0.3) is 0 Å². The molecule has 0 amide bonds. The summed E-state index contributed by atoms with van der Waals surface area (Å²) in [5.74, 6) is 1.36. The fourth-order valence-corrected chi connectivity index (χ4v) is 2.22. The Morgan fingerprint density at radius 1 is 1.35 bits per heavy atom. The van der Waals surface area contributed by atoms with Gasteiger partial charge in [-0.25, -0.2) is 4.99 Å². The highest BCUT2D eigenvalue weighted by Gasteiger charge is 2.12. The van der Waals surface area contributed by atoms with Gasteiger partial charge in [-0.1, -0.05) is 13.8 Å². The van der Waals surface area contributed by atoms with Gasteiger partial charge in [0.15, 0.2) is 5.96 Å². The van der Waals surface area contributed by atoms with Gasteiger partial charge in [-0.05, 0) is 26.2 Å². The predicted octanol–water partition coefficient (Wildman–Crippen LogP) is 2.54. The lowest BCUT2D eigenvalue weighted by molar-refractivity contribution is 0.0258. The van der Waals surface area contributed by atoms with E-state index >= 15 is 0 Å². The van der Waals surface area contributed by atoms with Gasteiger partial charge >= 0.3 is 0 Å². The topological polar surface area (TPSA) is 63.5 Å². The molecule has 0 aliphatic heterocycles. The monoisotopic (exact) mass is 437 g/mol. The van der Waals surface area contributed by atoms with Crippen LogP contribution in [0, 0.1) is 5.92 Å². The molecular weight excluding hydrogens is 405 g/mol. The molecular formula is C16H32IN5O. The summed E-state index contributed by atoms with van der Waals surface area (Å²) in [4.78, 5) is 4.59. The molecule has 23 heavy (non-hydrogen) atoms. The lowest BCUT2D eigenvalue weighted by Gasteiger charge is -2.21. The van der Waals surface area contributed by atoms with Gasteiger partial charge in [0.05, 0.1) is 18.8 Å². The van der Waals surface area contributed by atoms with Gasteiger partial charge in [-0.2, -0.15) is 5.10 Å². The summed E-state index contributed by atoms with van der Waals surface area (Å²) in [5.41, 5.74) is 1.11. The summed E-state index contributed by atoms with van der Waals surface area (Å²) in [6, 6.07) is 0. The largest absolute Gasteiger partial charge is 0.378 e. The maximum absolute atomic E-state index is 5.77. The molecule has 1 atom stereocenters. The Labute approximate surface area is 157 Å². The van der Waals surface area contributed by atoms with Gasteiger partial charge < -0.3 is 15.4 Å². The number of halogens is 1. The highest BCUT2D eigenvalue weighted by molar-refractivity contribution is 14.0. The number of hydrogen-bond donors (Lipinski definition) is 2. The predicted molar refractivity (Wildman–Crippen MR) is 106 cm³/mol. The third-order valence-corrected chi connectivity index (χ3v) is 3.37. The van der Waals surface area contributed by atoms with E-state index in [1.807, 2.05) is 26.4 Å². The van der Waals surface area contributed by atoms with Crippen LogP contribution in [0.4, 0.5) is 0 Å². The van der Waals surface area contributed by atoms with Crippen LogP contribution < -0.4 is 10.6 Å². The van der Waals surface area contributed by atoms with Gasteiger partial charge in [-0.3, -0.25) is 4.68 Å². The van der Waals surface area contributed by atoms with E-state index in [-0.39, 0.29) is 24.0 Å². The first-order valence-electron chi connectivity index (χ1n) is 8.18. The molecule has 7 heteroatoms. The molecule has 2 N–H and O–H groups in total. The van der Waals surface area contributed by atoms with Crippen LogP contribution >= 0.6 is 24.0 Å². The van der Waals surface area contributed by atoms with E-state index < -0.39 is 0 Å². The van der Waals surface area contributed by atoms with E-state index in [2.05, 4.69) is 41.5 Å². The number of guanidine groups is 1. The SMILES string of the molecule is CCNC(=NCc1cnn(C)c1)NCCC(OCC)C(C)C.I. The summed E-state index contributed by atoms with van der Waals surface area (Å²) < 4.78 is 7.56. The van der Waals surface area contributed by atoms with E-state index in [0.29, 0.717) is 18.6 Å². The second kappa shape index (κ2) is 12.6. The zero-order valence-electron chi connectivity index (χ0n) is 15.0. The van der Waals surface area contributed by atoms with Crippen molar-refractivity contribution in [2.45, 2.75) is 46.8 Å². The van der Waals surface area contributed by atoms with Crippen LogP contribution in [0.5, 0.6) is 0 Å². The molecule has 0 radical (unpaired) electrons. The fourth-order valence-electron chi connectivity index (χ4n) is 2.22. The van der Waals surface area contributed by atoms with Crippen molar-refractivity contribution in [1.29, 1.82) is 0 Å². The van der Waals surface area contributed by atoms with Crippen molar-refractivity contribution >= 4 is 29.9 Å². The molecule has 1 rings (SSSR count). The molecule has 1 aromatic heterocycles. The Morgan fingerprint density at radius 3 is 2.61 bits per heavy atom. The number of nitrogens with one attached hydrogen (secondary N) is 2. The van der Waals surface area contributed by atoms with Gasteiger partial charge in [0, 0.05) is 38.5 Å². The van der Waals surface area contributed by atoms with E-state index in [1.165, 1.54) is 0 Å². The quantitative estimate of drug-likeness (QED) is 0.354. The maximum Gasteiger partial charge on any atom is 0.191 e. The molecule has 0 aliphatic rings. The highest BCUT2D eigenvalue weighted by atomic mass is 127. The minimum absolute atomic E-state index is 0. The summed E-state index contributed by atoms with van der Waals surface area (Å²) in [6.45, 7) is 11.6. The highest BCUT2D eigenvalue weighted by Crippen LogP contribution is 2.09. The molecule has 0 saturated heterocycles. The van der Waals surface area contributed by atoms with E-state index in [0.717, 1.165) is 37.6 Å². The Bertz CT molecular complexity index is 447. The molecule has 0 aromatic carbocycles. The number of aromatic nitrogens is 2. The lowest BCUT2D eigenvalue weighted by Crippen LogP contribution is -2.39. The van der Waals surface area contributed by atoms with Crippen LogP contribution in [0.3, 0.4) is 0 Å². The van der Waals surface area contributed by atoms with Crippen molar-refractivity contribution < 1.29 is 4.74 Å². The summed E-state index contributed by atoms with van der Waals surface area (Å²) >= 11 is 0. The Balaban J connectivity index is 0.00000484. The van der Waals surface area contributed by atoms with Crippen molar-refractivity contribution in [3.8, 4) is 0 Å². The molecule has 6 nitrogen and oxygen atoms in total. The van der Waals surface area contributed by atoms with Crippen LogP contribution in [0.25, 0.3) is 0 Å². The second-order valence-electron chi connectivity index (χ2n) is 5.67. The Kier molecular flexibility index (Phi) is 12.1. The zero-order valence-corrected chi connectivity index (χ0v) is 17.3. The van der Waals surface area contributed by atoms with Crippen molar-refractivity contribution in [2.24, 2.45) is 18.0 Å². The van der Waals surface area contributed by atoms with Crippen molar-refractivity contribution in [3.63, 3.8) is 0 Å².